The minimum Gasteiger partial charge on any atom is -0.485 e. The van der Waals surface area contributed by atoms with Gasteiger partial charge in [-0.1, -0.05) is 0 Å². The van der Waals surface area contributed by atoms with Gasteiger partial charge in [-0.3, -0.25) is 0 Å². The van der Waals surface area contributed by atoms with Gasteiger partial charge in [-0.05, 0) is 43.7 Å². The van der Waals surface area contributed by atoms with Gasteiger partial charge in [0.1, 0.15) is 30.0 Å². The second-order valence-corrected chi connectivity index (χ2v) is 6.90. The molecular formula is C21H19F2N7O. The number of ether oxygens (including phenoxy) is 1. The Morgan fingerprint density at radius 2 is 1.81 bits per heavy atom. The first-order valence-electron chi connectivity index (χ1n) is 9.51. The summed E-state index contributed by atoms with van der Waals surface area (Å²) in [4.78, 5) is 17.2. The van der Waals surface area contributed by atoms with E-state index in [0.29, 0.717) is 34.7 Å². The van der Waals surface area contributed by atoms with Crippen LogP contribution in [0.5, 0.6) is 5.75 Å². The molecule has 4 rings (SSSR count). The van der Waals surface area contributed by atoms with Crippen LogP contribution in [0.15, 0.2) is 43.0 Å². The molecule has 10 heteroatoms. The molecule has 0 fully saturated rings. The Bertz CT molecular complexity index is 1180. The summed E-state index contributed by atoms with van der Waals surface area (Å²) < 4.78 is 30.9. The van der Waals surface area contributed by atoms with E-state index in [1.165, 1.54) is 6.33 Å². The summed E-state index contributed by atoms with van der Waals surface area (Å²) in [6.45, 7) is 3.36. The molecule has 3 heterocycles. The predicted molar refractivity (Wildman–Crippen MR) is 111 cm³/mol. The first kappa shape index (κ1) is 20.5. The van der Waals surface area contributed by atoms with Crippen molar-refractivity contribution in [2.75, 3.05) is 11.9 Å². The monoisotopic (exact) mass is 423 g/mol. The van der Waals surface area contributed by atoms with Crippen molar-refractivity contribution in [2.45, 2.75) is 26.8 Å². The Kier molecular flexibility index (Phi) is 5.87. The Morgan fingerprint density at radius 1 is 1.00 bits per heavy atom. The van der Waals surface area contributed by atoms with Gasteiger partial charge in [0.25, 0.3) is 6.43 Å². The minimum atomic E-state index is -2.62. The highest BCUT2D eigenvalue weighted by Crippen LogP contribution is 2.33. The number of fused-ring (bicyclic) bond motifs is 1. The van der Waals surface area contributed by atoms with Crippen LogP contribution in [0.25, 0.3) is 22.3 Å². The predicted octanol–water partition coefficient (Wildman–Crippen LogP) is 3.75. The lowest BCUT2D eigenvalue weighted by Gasteiger charge is -2.13. The van der Waals surface area contributed by atoms with Gasteiger partial charge in [0.15, 0.2) is 5.82 Å². The standard InChI is InChI=1S/C21H19F2N7O/c1-12-7-24-20(25-8-12)14-5-16-19(17(6-14)31-10-18(22)23)27-11-28-21(16)26-9-15-4-3-13(2)29-30-15/h3-8,11,18H,9-10H2,1-2H3,(H,26,27,28). The van der Waals surface area contributed by atoms with Crippen LogP contribution in [0.4, 0.5) is 14.6 Å². The van der Waals surface area contributed by atoms with Crippen molar-refractivity contribution in [1.29, 1.82) is 0 Å². The largest absolute Gasteiger partial charge is 0.485 e. The van der Waals surface area contributed by atoms with E-state index < -0.39 is 13.0 Å². The number of anilines is 1. The molecule has 0 spiro atoms. The van der Waals surface area contributed by atoms with Crippen LogP contribution in [0.2, 0.25) is 0 Å². The summed E-state index contributed by atoms with van der Waals surface area (Å²) >= 11 is 0. The number of rotatable bonds is 7. The fourth-order valence-corrected chi connectivity index (χ4v) is 2.90. The summed E-state index contributed by atoms with van der Waals surface area (Å²) in [5.74, 6) is 1.15. The first-order chi connectivity index (χ1) is 15.0. The molecule has 3 aromatic heterocycles. The average Bonchev–Trinajstić information content (AvgIpc) is 2.77. The molecule has 0 amide bonds. The van der Waals surface area contributed by atoms with Gasteiger partial charge >= 0.3 is 0 Å². The molecule has 0 aliphatic carbocycles. The lowest BCUT2D eigenvalue weighted by atomic mass is 10.1. The maximum atomic E-state index is 12.8. The van der Waals surface area contributed by atoms with E-state index in [0.717, 1.165) is 17.0 Å². The van der Waals surface area contributed by atoms with E-state index in [4.69, 9.17) is 4.74 Å². The van der Waals surface area contributed by atoms with Crippen LogP contribution in [-0.2, 0) is 6.54 Å². The number of benzene rings is 1. The summed E-state index contributed by atoms with van der Waals surface area (Å²) in [7, 11) is 0. The van der Waals surface area contributed by atoms with E-state index >= 15 is 0 Å². The van der Waals surface area contributed by atoms with Crippen molar-refractivity contribution in [1.82, 2.24) is 30.1 Å². The fourth-order valence-electron chi connectivity index (χ4n) is 2.90. The third-order valence-electron chi connectivity index (χ3n) is 4.40. The highest BCUT2D eigenvalue weighted by atomic mass is 19.3. The van der Waals surface area contributed by atoms with E-state index in [2.05, 4.69) is 35.5 Å². The number of alkyl halides is 2. The molecule has 0 aliphatic heterocycles. The van der Waals surface area contributed by atoms with Gasteiger partial charge in [-0.15, -0.1) is 0 Å². The highest BCUT2D eigenvalue weighted by Gasteiger charge is 2.15. The van der Waals surface area contributed by atoms with Crippen molar-refractivity contribution in [3.63, 3.8) is 0 Å². The van der Waals surface area contributed by atoms with E-state index in [-0.39, 0.29) is 5.75 Å². The lowest BCUT2D eigenvalue weighted by Crippen LogP contribution is -2.09. The van der Waals surface area contributed by atoms with Crippen LogP contribution in [0, 0.1) is 13.8 Å². The Labute approximate surface area is 176 Å². The van der Waals surface area contributed by atoms with Crippen molar-refractivity contribution in [2.24, 2.45) is 0 Å². The van der Waals surface area contributed by atoms with Gasteiger partial charge in [-0.2, -0.15) is 10.2 Å². The molecule has 0 unspecified atom stereocenters. The van der Waals surface area contributed by atoms with Crippen LogP contribution in [0.3, 0.4) is 0 Å². The molecule has 0 radical (unpaired) electrons. The van der Waals surface area contributed by atoms with E-state index in [1.807, 2.05) is 26.0 Å². The van der Waals surface area contributed by atoms with Crippen molar-refractivity contribution in [3.8, 4) is 17.1 Å². The third-order valence-corrected chi connectivity index (χ3v) is 4.40. The van der Waals surface area contributed by atoms with Gasteiger partial charge < -0.3 is 10.1 Å². The zero-order valence-electron chi connectivity index (χ0n) is 16.9. The van der Waals surface area contributed by atoms with Gasteiger partial charge in [0.05, 0.1) is 17.9 Å². The first-order valence-corrected chi connectivity index (χ1v) is 9.51. The summed E-state index contributed by atoms with van der Waals surface area (Å²) in [6, 6.07) is 7.14. The van der Waals surface area contributed by atoms with Crippen LogP contribution < -0.4 is 10.1 Å². The Balaban J connectivity index is 1.75. The molecule has 0 atom stereocenters. The number of aromatic nitrogens is 6. The topological polar surface area (TPSA) is 98.6 Å². The molecule has 0 aliphatic rings. The normalized spacial score (nSPS) is 11.1. The number of hydrogen-bond acceptors (Lipinski definition) is 8. The number of hydrogen-bond donors (Lipinski definition) is 1. The van der Waals surface area contributed by atoms with Gasteiger partial charge in [0.2, 0.25) is 0 Å². The highest BCUT2D eigenvalue weighted by molar-refractivity contribution is 5.96. The van der Waals surface area contributed by atoms with Crippen molar-refractivity contribution < 1.29 is 13.5 Å². The molecule has 1 N–H and O–H groups in total. The van der Waals surface area contributed by atoms with Gasteiger partial charge in [-0.25, -0.2) is 28.7 Å². The van der Waals surface area contributed by atoms with Crippen molar-refractivity contribution >= 4 is 16.7 Å². The molecule has 31 heavy (non-hydrogen) atoms. The zero-order chi connectivity index (χ0) is 21.8. The third kappa shape index (κ3) is 4.85. The number of nitrogens with one attached hydrogen (secondary N) is 1. The van der Waals surface area contributed by atoms with Gasteiger partial charge in [0, 0.05) is 23.3 Å². The van der Waals surface area contributed by atoms with Crippen LogP contribution >= 0.6 is 0 Å². The smallest absolute Gasteiger partial charge is 0.272 e. The second-order valence-electron chi connectivity index (χ2n) is 6.90. The minimum absolute atomic E-state index is 0.206. The molecule has 4 aromatic rings. The fraction of sp³-hybridized carbons (Fsp3) is 0.238. The van der Waals surface area contributed by atoms with Crippen LogP contribution in [-0.4, -0.2) is 43.2 Å². The molecule has 0 bridgehead atoms. The SMILES string of the molecule is Cc1cnc(-c2cc(OCC(F)F)c3ncnc(NCc4ccc(C)nn4)c3c2)nc1. The molecule has 0 saturated heterocycles. The summed E-state index contributed by atoms with van der Waals surface area (Å²) in [5, 5.41) is 12.0. The number of halogens is 2. The number of aryl methyl sites for hydroxylation is 2. The van der Waals surface area contributed by atoms with E-state index in [9.17, 15) is 8.78 Å². The molecule has 1 aromatic carbocycles. The summed E-state index contributed by atoms with van der Waals surface area (Å²) in [6.07, 6.45) is 2.10. The Morgan fingerprint density at radius 3 is 2.52 bits per heavy atom. The average molecular weight is 423 g/mol. The molecular weight excluding hydrogens is 404 g/mol. The van der Waals surface area contributed by atoms with E-state index in [1.54, 1.807) is 24.5 Å². The van der Waals surface area contributed by atoms with Crippen LogP contribution in [0.1, 0.15) is 17.0 Å². The lowest BCUT2D eigenvalue weighted by molar-refractivity contribution is 0.0826. The quantitative estimate of drug-likeness (QED) is 0.480. The summed E-state index contributed by atoms with van der Waals surface area (Å²) in [5.41, 5.74) is 3.46. The second kappa shape index (κ2) is 8.90. The molecule has 0 saturated carbocycles. The molecule has 158 valence electrons. The maximum Gasteiger partial charge on any atom is 0.272 e. The molecule has 8 nitrogen and oxygen atoms in total. The maximum absolute atomic E-state index is 12.8. The Hall–Kier alpha value is -3.82. The van der Waals surface area contributed by atoms with Crippen molar-refractivity contribution in [3.05, 3.63) is 59.9 Å². The number of nitrogens with zero attached hydrogens (tertiary/aromatic N) is 6. The zero-order valence-corrected chi connectivity index (χ0v) is 16.9.